The quantitative estimate of drug-likeness (QED) is 0.660. The molecule has 0 aliphatic heterocycles. The molecule has 0 unspecified atom stereocenters. The van der Waals surface area contributed by atoms with Gasteiger partial charge in [0.2, 0.25) is 5.91 Å². The molecule has 0 aromatic heterocycles. The standard InChI is InChI=1S/C16H13N3O/c17-11-13-2-1-3-15(10-13)19-16(20)9-6-12-4-7-14(18)8-5-12/h1-10H,18H2,(H,19,20)/b9-6+. The van der Waals surface area contributed by atoms with Crippen molar-refractivity contribution < 1.29 is 4.79 Å². The minimum atomic E-state index is -0.253. The molecule has 98 valence electrons. The van der Waals surface area contributed by atoms with Crippen LogP contribution in [-0.4, -0.2) is 5.91 Å². The van der Waals surface area contributed by atoms with Crippen molar-refractivity contribution in [3.63, 3.8) is 0 Å². The summed E-state index contributed by atoms with van der Waals surface area (Å²) in [5.74, 6) is -0.253. The van der Waals surface area contributed by atoms with Gasteiger partial charge in [-0.15, -0.1) is 0 Å². The van der Waals surface area contributed by atoms with Gasteiger partial charge < -0.3 is 11.1 Å². The number of nitriles is 1. The fourth-order valence-corrected chi connectivity index (χ4v) is 1.63. The van der Waals surface area contributed by atoms with Gasteiger partial charge >= 0.3 is 0 Å². The van der Waals surface area contributed by atoms with Crippen molar-refractivity contribution >= 4 is 23.4 Å². The van der Waals surface area contributed by atoms with Crippen LogP contribution >= 0.6 is 0 Å². The Morgan fingerprint density at radius 2 is 1.95 bits per heavy atom. The van der Waals surface area contributed by atoms with E-state index in [2.05, 4.69) is 5.32 Å². The van der Waals surface area contributed by atoms with Gasteiger partial charge in [-0.3, -0.25) is 4.79 Å². The van der Waals surface area contributed by atoms with Crippen LogP contribution < -0.4 is 11.1 Å². The van der Waals surface area contributed by atoms with Gasteiger partial charge in [0.05, 0.1) is 11.6 Å². The summed E-state index contributed by atoms with van der Waals surface area (Å²) in [5.41, 5.74) is 8.25. The topological polar surface area (TPSA) is 78.9 Å². The maximum atomic E-state index is 11.7. The third kappa shape index (κ3) is 3.72. The molecule has 0 fully saturated rings. The third-order valence-corrected chi connectivity index (χ3v) is 2.62. The van der Waals surface area contributed by atoms with E-state index in [-0.39, 0.29) is 5.91 Å². The van der Waals surface area contributed by atoms with Crippen molar-refractivity contribution in [2.75, 3.05) is 11.1 Å². The van der Waals surface area contributed by atoms with E-state index in [1.54, 1.807) is 42.5 Å². The van der Waals surface area contributed by atoms with E-state index in [1.165, 1.54) is 6.08 Å². The van der Waals surface area contributed by atoms with E-state index < -0.39 is 0 Å². The van der Waals surface area contributed by atoms with Gasteiger partial charge in [0.1, 0.15) is 0 Å². The Morgan fingerprint density at radius 1 is 1.20 bits per heavy atom. The number of hydrogen-bond donors (Lipinski definition) is 2. The first-order chi connectivity index (χ1) is 9.67. The fourth-order valence-electron chi connectivity index (χ4n) is 1.63. The lowest BCUT2D eigenvalue weighted by molar-refractivity contribution is -0.111. The molecule has 20 heavy (non-hydrogen) atoms. The summed E-state index contributed by atoms with van der Waals surface area (Å²) in [5, 5.41) is 11.5. The molecule has 0 atom stereocenters. The van der Waals surface area contributed by atoms with Crippen LogP contribution in [0.4, 0.5) is 11.4 Å². The average molecular weight is 263 g/mol. The number of rotatable bonds is 3. The van der Waals surface area contributed by atoms with Gasteiger partial charge in [-0.1, -0.05) is 18.2 Å². The molecule has 2 rings (SSSR count). The van der Waals surface area contributed by atoms with Crippen molar-refractivity contribution in [3.8, 4) is 6.07 Å². The molecule has 0 bridgehead atoms. The van der Waals surface area contributed by atoms with E-state index >= 15 is 0 Å². The van der Waals surface area contributed by atoms with Crippen LogP contribution in [0.3, 0.4) is 0 Å². The van der Waals surface area contributed by atoms with E-state index in [0.717, 1.165) is 5.56 Å². The summed E-state index contributed by atoms with van der Waals surface area (Å²) in [4.78, 5) is 11.7. The second kappa shape index (κ2) is 6.21. The molecule has 0 spiro atoms. The van der Waals surface area contributed by atoms with Gasteiger partial charge in [-0.05, 0) is 42.0 Å². The Kier molecular flexibility index (Phi) is 4.15. The van der Waals surface area contributed by atoms with Crippen molar-refractivity contribution in [2.45, 2.75) is 0 Å². The molecule has 0 heterocycles. The molecule has 2 aromatic carbocycles. The number of nitrogens with two attached hydrogens (primary N) is 1. The minimum Gasteiger partial charge on any atom is -0.399 e. The molecule has 0 aliphatic carbocycles. The van der Waals surface area contributed by atoms with Crippen LogP contribution in [0.15, 0.2) is 54.6 Å². The highest BCUT2D eigenvalue weighted by Crippen LogP contribution is 2.10. The summed E-state index contributed by atoms with van der Waals surface area (Å²) in [6.07, 6.45) is 3.13. The van der Waals surface area contributed by atoms with Crippen molar-refractivity contribution in [1.82, 2.24) is 0 Å². The summed E-state index contributed by atoms with van der Waals surface area (Å²) < 4.78 is 0. The van der Waals surface area contributed by atoms with Crippen LogP contribution in [-0.2, 0) is 4.79 Å². The van der Waals surface area contributed by atoms with Crippen LogP contribution in [0.5, 0.6) is 0 Å². The SMILES string of the molecule is N#Cc1cccc(NC(=O)/C=C/c2ccc(N)cc2)c1. The maximum Gasteiger partial charge on any atom is 0.248 e. The summed E-state index contributed by atoms with van der Waals surface area (Å²) >= 11 is 0. The minimum absolute atomic E-state index is 0.253. The zero-order valence-electron chi connectivity index (χ0n) is 10.7. The van der Waals surface area contributed by atoms with Crippen molar-refractivity contribution in [1.29, 1.82) is 5.26 Å². The molecule has 2 aromatic rings. The maximum absolute atomic E-state index is 11.7. The Hall–Kier alpha value is -3.06. The Morgan fingerprint density at radius 3 is 2.65 bits per heavy atom. The number of benzene rings is 2. The Balaban J connectivity index is 2.02. The zero-order valence-corrected chi connectivity index (χ0v) is 10.7. The first-order valence-corrected chi connectivity index (χ1v) is 6.02. The molecule has 0 saturated carbocycles. The molecule has 4 nitrogen and oxygen atoms in total. The van der Waals surface area contributed by atoms with Gasteiger partial charge in [-0.2, -0.15) is 5.26 Å². The number of nitrogens with zero attached hydrogens (tertiary/aromatic N) is 1. The van der Waals surface area contributed by atoms with Gasteiger partial charge in [0.15, 0.2) is 0 Å². The second-order valence-corrected chi connectivity index (χ2v) is 4.18. The fraction of sp³-hybridized carbons (Fsp3) is 0. The third-order valence-electron chi connectivity index (χ3n) is 2.62. The summed E-state index contributed by atoms with van der Waals surface area (Å²) in [6.45, 7) is 0. The van der Waals surface area contributed by atoms with E-state index in [1.807, 2.05) is 18.2 Å². The monoisotopic (exact) mass is 263 g/mol. The van der Waals surface area contributed by atoms with Crippen molar-refractivity contribution in [3.05, 3.63) is 65.7 Å². The Labute approximate surface area is 117 Å². The number of amides is 1. The summed E-state index contributed by atoms with van der Waals surface area (Å²) in [6, 6.07) is 16.0. The number of nitrogens with one attached hydrogen (secondary N) is 1. The number of carbonyl (C=O) groups excluding carboxylic acids is 1. The highest BCUT2D eigenvalue weighted by Gasteiger charge is 1.99. The molecule has 0 radical (unpaired) electrons. The highest BCUT2D eigenvalue weighted by atomic mass is 16.1. The molecular weight excluding hydrogens is 250 g/mol. The molecule has 1 amide bonds. The summed E-state index contributed by atoms with van der Waals surface area (Å²) in [7, 11) is 0. The zero-order chi connectivity index (χ0) is 14.4. The lowest BCUT2D eigenvalue weighted by atomic mass is 10.2. The first-order valence-electron chi connectivity index (χ1n) is 6.02. The average Bonchev–Trinajstić information content (AvgIpc) is 2.47. The largest absolute Gasteiger partial charge is 0.399 e. The molecule has 3 N–H and O–H groups in total. The normalized spacial score (nSPS) is 10.2. The second-order valence-electron chi connectivity index (χ2n) is 4.18. The Bertz CT molecular complexity index is 682. The van der Waals surface area contributed by atoms with Crippen molar-refractivity contribution in [2.24, 2.45) is 0 Å². The van der Waals surface area contributed by atoms with E-state index in [4.69, 9.17) is 11.0 Å². The van der Waals surface area contributed by atoms with E-state index in [9.17, 15) is 4.79 Å². The molecule has 0 saturated heterocycles. The molecule has 4 heteroatoms. The van der Waals surface area contributed by atoms with Crippen LogP contribution in [0, 0.1) is 11.3 Å². The van der Waals surface area contributed by atoms with Crippen LogP contribution in [0.1, 0.15) is 11.1 Å². The molecule has 0 aliphatic rings. The number of carbonyl (C=O) groups is 1. The first kappa shape index (κ1) is 13.4. The lowest BCUT2D eigenvalue weighted by Gasteiger charge is -2.02. The van der Waals surface area contributed by atoms with Gasteiger partial charge in [-0.25, -0.2) is 0 Å². The smallest absolute Gasteiger partial charge is 0.248 e. The number of nitrogen functional groups attached to an aromatic ring is 1. The highest BCUT2D eigenvalue weighted by molar-refractivity contribution is 6.02. The van der Waals surface area contributed by atoms with E-state index in [0.29, 0.717) is 16.9 Å². The predicted octanol–water partition coefficient (Wildman–Crippen LogP) is 2.79. The van der Waals surface area contributed by atoms with Crippen LogP contribution in [0.2, 0.25) is 0 Å². The van der Waals surface area contributed by atoms with Gasteiger partial charge in [0.25, 0.3) is 0 Å². The lowest BCUT2D eigenvalue weighted by Crippen LogP contribution is -2.07. The molecular formula is C16H13N3O. The van der Waals surface area contributed by atoms with Crippen LogP contribution in [0.25, 0.3) is 6.08 Å². The predicted molar refractivity (Wildman–Crippen MR) is 79.7 cm³/mol. The number of anilines is 2. The van der Waals surface area contributed by atoms with Gasteiger partial charge in [0, 0.05) is 17.5 Å². The number of hydrogen-bond acceptors (Lipinski definition) is 3.